The lowest BCUT2D eigenvalue weighted by atomic mass is 9.96. The number of fused-ring (bicyclic) bond motifs is 1. The molecule has 4 rings (SSSR count). The molecule has 1 atom stereocenters. The summed E-state index contributed by atoms with van der Waals surface area (Å²) in [4.78, 5) is 9.05. The van der Waals surface area contributed by atoms with Crippen LogP contribution in [-0.2, 0) is 6.42 Å². The van der Waals surface area contributed by atoms with Crippen molar-refractivity contribution in [2.24, 2.45) is 5.92 Å². The van der Waals surface area contributed by atoms with Gasteiger partial charge in [-0.3, -0.25) is 4.98 Å². The minimum absolute atomic E-state index is 0.693. The molecule has 1 saturated carbocycles. The predicted octanol–water partition coefficient (Wildman–Crippen LogP) is 2.31. The second-order valence-electron chi connectivity index (χ2n) is 5.91. The van der Waals surface area contributed by atoms with E-state index in [1.54, 1.807) is 0 Å². The van der Waals surface area contributed by atoms with Crippen molar-refractivity contribution >= 4 is 11.0 Å². The average molecular weight is 256 g/mol. The van der Waals surface area contributed by atoms with Crippen molar-refractivity contribution in [3.8, 4) is 0 Å². The topological polar surface area (TPSA) is 42.7 Å². The molecule has 1 saturated heterocycles. The Morgan fingerprint density at radius 1 is 1.32 bits per heavy atom. The van der Waals surface area contributed by atoms with Crippen LogP contribution in [0.3, 0.4) is 0 Å². The highest BCUT2D eigenvalue weighted by Gasteiger charge is 2.29. The Bertz CT molecular complexity index is 579. The van der Waals surface area contributed by atoms with E-state index in [1.165, 1.54) is 43.6 Å². The molecule has 1 N–H and O–H groups in total. The summed E-state index contributed by atoms with van der Waals surface area (Å²) in [6, 6.07) is 2.81. The largest absolute Gasteiger partial charge is 0.325 e. The molecule has 4 nitrogen and oxygen atoms in total. The first-order chi connectivity index (χ1) is 9.42. The first-order valence-corrected chi connectivity index (χ1v) is 7.43. The normalized spacial score (nSPS) is 23.9. The third-order valence-electron chi connectivity index (χ3n) is 4.35. The molecule has 2 aromatic heterocycles. The van der Waals surface area contributed by atoms with Crippen LogP contribution >= 0.6 is 0 Å². The highest BCUT2D eigenvalue weighted by molar-refractivity contribution is 5.75. The van der Waals surface area contributed by atoms with Crippen LogP contribution in [0.5, 0.6) is 0 Å². The molecule has 0 radical (unpaired) electrons. The van der Waals surface area contributed by atoms with Gasteiger partial charge in [-0.1, -0.05) is 0 Å². The van der Waals surface area contributed by atoms with Crippen LogP contribution in [0.25, 0.3) is 11.0 Å². The van der Waals surface area contributed by atoms with Gasteiger partial charge in [0.15, 0.2) is 0 Å². The van der Waals surface area contributed by atoms with E-state index in [1.807, 2.05) is 12.4 Å². The maximum absolute atomic E-state index is 4.84. The second-order valence-corrected chi connectivity index (χ2v) is 5.91. The van der Waals surface area contributed by atoms with Crippen molar-refractivity contribution in [3.63, 3.8) is 0 Å². The van der Waals surface area contributed by atoms with Crippen LogP contribution in [0, 0.1) is 5.92 Å². The Morgan fingerprint density at radius 2 is 2.26 bits per heavy atom. The lowest BCUT2D eigenvalue weighted by molar-refractivity contribution is 0.367. The summed E-state index contributed by atoms with van der Waals surface area (Å²) in [5.41, 5.74) is 2.34. The Hall–Kier alpha value is -1.42. The third kappa shape index (κ3) is 2.14. The molecule has 1 unspecified atom stereocenters. The van der Waals surface area contributed by atoms with Crippen LogP contribution in [-0.4, -0.2) is 27.6 Å². The van der Waals surface area contributed by atoms with Crippen molar-refractivity contribution < 1.29 is 0 Å². The molecule has 1 aliphatic carbocycles. The lowest BCUT2D eigenvalue weighted by Crippen LogP contribution is -2.31. The zero-order valence-corrected chi connectivity index (χ0v) is 11.2. The van der Waals surface area contributed by atoms with E-state index >= 15 is 0 Å². The zero-order chi connectivity index (χ0) is 12.7. The van der Waals surface area contributed by atoms with Crippen molar-refractivity contribution in [2.75, 3.05) is 13.1 Å². The van der Waals surface area contributed by atoms with Gasteiger partial charge in [-0.05, 0) is 50.8 Å². The Morgan fingerprint density at radius 3 is 3.05 bits per heavy atom. The summed E-state index contributed by atoms with van der Waals surface area (Å²) in [5, 5.41) is 3.50. The highest BCUT2D eigenvalue weighted by Crippen LogP contribution is 2.39. The molecule has 100 valence electrons. The van der Waals surface area contributed by atoms with Crippen molar-refractivity contribution in [2.45, 2.75) is 38.1 Å². The molecular formula is C15H20N4. The monoisotopic (exact) mass is 256 g/mol. The Labute approximate surface area is 113 Å². The van der Waals surface area contributed by atoms with Gasteiger partial charge in [0.05, 0.1) is 11.7 Å². The number of pyridine rings is 1. The molecular weight excluding hydrogens is 236 g/mol. The number of aromatic nitrogens is 3. The number of hydrogen-bond acceptors (Lipinski definition) is 3. The van der Waals surface area contributed by atoms with Gasteiger partial charge in [0.2, 0.25) is 0 Å². The van der Waals surface area contributed by atoms with Crippen molar-refractivity contribution in [3.05, 3.63) is 24.3 Å². The van der Waals surface area contributed by atoms with Crippen LogP contribution in [0.2, 0.25) is 0 Å². The van der Waals surface area contributed by atoms with E-state index in [2.05, 4.69) is 20.9 Å². The maximum atomic E-state index is 4.84. The van der Waals surface area contributed by atoms with E-state index < -0.39 is 0 Å². The van der Waals surface area contributed by atoms with Crippen LogP contribution in [0.15, 0.2) is 18.5 Å². The summed E-state index contributed by atoms with van der Waals surface area (Å²) in [7, 11) is 0. The summed E-state index contributed by atoms with van der Waals surface area (Å²) in [5.74, 6) is 2.02. The fourth-order valence-corrected chi connectivity index (χ4v) is 3.24. The number of hydrogen-bond donors (Lipinski definition) is 1. The first kappa shape index (κ1) is 11.4. The summed E-state index contributed by atoms with van der Waals surface area (Å²) in [6.45, 7) is 2.32. The lowest BCUT2D eigenvalue weighted by Gasteiger charge is -2.22. The van der Waals surface area contributed by atoms with Gasteiger partial charge >= 0.3 is 0 Å². The molecule has 2 aromatic rings. The van der Waals surface area contributed by atoms with Crippen LogP contribution < -0.4 is 5.32 Å². The minimum atomic E-state index is 0.693. The van der Waals surface area contributed by atoms with E-state index in [0.29, 0.717) is 6.04 Å². The zero-order valence-electron chi connectivity index (χ0n) is 11.2. The molecule has 0 amide bonds. The quantitative estimate of drug-likeness (QED) is 0.916. The van der Waals surface area contributed by atoms with E-state index in [4.69, 9.17) is 4.98 Å². The van der Waals surface area contributed by atoms with E-state index in [0.717, 1.165) is 24.4 Å². The first-order valence-electron chi connectivity index (χ1n) is 7.43. The number of nitrogens with zero attached hydrogens (tertiary/aromatic N) is 3. The van der Waals surface area contributed by atoms with Gasteiger partial charge in [-0.15, -0.1) is 0 Å². The molecule has 0 spiro atoms. The van der Waals surface area contributed by atoms with Crippen LogP contribution in [0.4, 0.5) is 0 Å². The van der Waals surface area contributed by atoms with Gasteiger partial charge < -0.3 is 9.88 Å². The third-order valence-corrected chi connectivity index (χ3v) is 4.35. The summed E-state index contributed by atoms with van der Waals surface area (Å²) >= 11 is 0. The van der Waals surface area contributed by atoms with Gasteiger partial charge in [-0.2, -0.15) is 0 Å². The van der Waals surface area contributed by atoms with Crippen LogP contribution in [0.1, 0.15) is 37.5 Å². The van der Waals surface area contributed by atoms with Crippen molar-refractivity contribution in [1.82, 2.24) is 19.9 Å². The number of imidazole rings is 1. The molecule has 2 aliphatic rings. The summed E-state index contributed by atoms with van der Waals surface area (Å²) < 4.78 is 2.48. The minimum Gasteiger partial charge on any atom is -0.325 e. The molecule has 3 heterocycles. The number of rotatable bonds is 3. The number of piperidine rings is 1. The maximum Gasteiger partial charge on any atom is 0.110 e. The molecule has 19 heavy (non-hydrogen) atoms. The van der Waals surface area contributed by atoms with Gasteiger partial charge in [0, 0.05) is 18.7 Å². The van der Waals surface area contributed by atoms with Gasteiger partial charge in [0.25, 0.3) is 0 Å². The number of nitrogens with one attached hydrogen (secondary N) is 1. The molecule has 0 aromatic carbocycles. The smallest absolute Gasteiger partial charge is 0.110 e. The van der Waals surface area contributed by atoms with E-state index in [9.17, 15) is 0 Å². The molecule has 1 aliphatic heterocycles. The summed E-state index contributed by atoms with van der Waals surface area (Å²) in [6.07, 6.45) is 10.1. The van der Waals surface area contributed by atoms with Gasteiger partial charge in [0.1, 0.15) is 11.3 Å². The predicted molar refractivity (Wildman–Crippen MR) is 75.1 cm³/mol. The Balaban J connectivity index is 1.69. The van der Waals surface area contributed by atoms with E-state index in [-0.39, 0.29) is 0 Å². The Kier molecular flexibility index (Phi) is 2.76. The fraction of sp³-hybridized carbons (Fsp3) is 0.600. The average Bonchev–Trinajstić information content (AvgIpc) is 3.21. The molecule has 4 heteroatoms. The standard InChI is InChI=1S/C15H20N4/c1-2-11(9-16-6-1)8-15-18-13-10-17-7-5-14(13)19(15)12-3-4-12/h5,7,10-12,16H,1-4,6,8-9H2. The highest BCUT2D eigenvalue weighted by atomic mass is 15.1. The fourth-order valence-electron chi connectivity index (χ4n) is 3.24. The van der Waals surface area contributed by atoms with Crippen molar-refractivity contribution in [1.29, 1.82) is 0 Å². The molecule has 2 fully saturated rings. The second kappa shape index (κ2) is 4.60. The molecule has 0 bridgehead atoms. The SMILES string of the molecule is c1cc2c(cn1)nc(CC1CCCNC1)n2C1CC1. The van der Waals surface area contributed by atoms with Gasteiger partial charge in [-0.25, -0.2) is 4.98 Å².